The van der Waals surface area contributed by atoms with Gasteiger partial charge in [-0.25, -0.2) is 4.39 Å². The number of nitrogen functional groups attached to an aromatic ring is 1. The molecule has 110 valence electrons. The van der Waals surface area contributed by atoms with Gasteiger partial charge in [-0.1, -0.05) is 18.2 Å². The largest absolute Gasteiger partial charge is 0.481 e. The zero-order valence-corrected chi connectivity index (χ0v) is 11.9. The Balaban J connectivity index is 2.04. The molecule has 1 unspecified atom stereocenters. The van der Waals surface area contributed by atoms with E-state index in [2.05, 4.69) is 5.32 Å². The fourth-order valence-electron chi connectivity index (χ4n) is 1.81. The highest BCUT2D eigenvalue weighted by Gasteiger charge is 2.16. The number of hydrogen-bond acceptors (Lipinski definition) is 3. The van der Waals surface area contributed by atoms with E-state index in [0.29, 0.717) is 11.4 Å². The maximum atomic E-state index is 13.0. The van der Waals surface area contributed by atoms with Crippen molar-refractivity contribution in [2.45, 2.75) is 20.0 Å². The summed E-state index contributed by atoms with van der Waals surface area (Å²) < 4.78 is 18.6. The Labute approximate surface area is 122 Å². The molecule has 0 fully saturated rings. The van der Waals surface area contributed by atoms with Crippen LogP contribution in [0.15, 0.2) is 42.5 Å². The van der Waals surface area contributed by atoms with Crippen molar-refractivity contribution in [2.24, 2.45) is 0 Å². The Kier molecular flexibility index (Phi) is 4.42. The SMILES string of the molecule is Cc1ccccc1OC(C)C(=O)Nc1ccc(F)cc1N. The van der Waals surface area contributed by atoms with E-state index < -0.39 is 11.9 Å². The van der Waals surface area contributed by atoms with Gasteiger partial charge >= 0.3 is 0 Å². The molecule has 2 aromatic carbocycles. The Morgan fingerprint density at radius 1 is 1.29 bits per heavy atom. The molecule has 0 heterocycles. The number of amides is 1. The van der Waals surface area contributed by atoms with E-state index in [1.54, 1.807) is 13.0 Å². The summed E-state index contributed by atoms with van der Waals surface area (Å²) in [5, 5.41) is 2.62. The summed E-state index contributed by atoms with van der Waals surface area (Å²) in [7, 11) is 0. The Morgan fingerprint density at radius 3 is 2.67 bits per heavy atom. The normalized spacial score (nSPS) is 11.8. The number of nitrogens with two attached hydrogens (primary N) is 1. The van der Waals surface area contributed by atoms with Crippen molar-refractivity contribution in [2.75, 3.05) is 11.1 Å². The topological polar surface area (TPSA) is 64.3 Å². The first-order valence-electron chi connectivity index (χ1n) is 6.55. The molecular formula is C16H17FN2O2. The second kappa shape index (κ2) is 6.26. The molecule has 1 amide bonds. The number of carbonyl (C=O) groups is 1. The van der Waals surface area contributed by atoms with Crippen LogP contribution in [0.1, 0.15) is 12.5 Å². The smallest absolute Gasteiger partial charge is 0.265 e. The van der Waals surface area contributed by atoms with E-state index in [1.807, 2.05) is 25.1 Å². The Hall–Kier alpha value is -2.56. The number of benzene rings is 2. The number of rotatable bonds is 4. The number of carbonyl (C=O) groups excluding carboxylic acids is 1. The van der Waals surface area contributed by atoms with Crippen LogP contribution in [0.2, 0.25) is 0 Å². The molecular weight excluding hydrogens is 271 g/mol. The minimum Gasteiger partial charge on any atom is -0.481 e. The molecule has 0 radical (unpaired) electrons. The van der Waals surface area contributed by atoms with Crippen molar-refractivity contribution < 1.29 is 13.9 Å². The second-order valence-electron chi connectivity index (χ2n) is 4.75. The monoisotopic (exact) mass is 288 g/mol. The van der Waals surface area contributed by atoms with Gasteiger partial charge in [0, 0.05) is 0 Å². The molecule has 0 aliphatic rings. The second-order valence-corrected chi connectivity index (χ2v) is 4.75. The highest BCUT2D eigenvalue weighted by Crippen LogP contribution is 2.21. The zero-order chi connectivity index (χ0) is 15.4. The first-order chi connectivity index (χ1) is 9.97. The molecule has 2 aromatic rings. The number of aryl methyl sites for hydroxylation is 1. The van der Waals surface area contributed by atoms with E-state index in [9.17, 15) is 9.18 Å². The molecule has 21 heavy (non-hydrogen) atoms. The van der Waals surface area contributed by atoms with Crippen molar-refractivity contribution >= 4 is 17.3 Å². The molecule has 1 atom stereocenters. The van der Waals surface area contributed by atoms with Crippen LogP contribution in [0.3, 0.4) is 0 Å². The van der Waals surface area contributed by atoms with Crippen LogP contribution in [-0.4, -0.2) is 12.0 Å². The van der Waals surface area contributed by atoms with Crippen LogP contribution >= 0.6 is 0 Å². The standard InChI is InChI=1S/C16H17FN2O2/c1-10-5-3-4-6-15(10)21-11(2)16(20)19-14-8-7-12(17)9-13(14)18/h3-9,11H,18H2,1-2H3,(H,19,20). The van der Waals surface area contributed by atoms with Crippen molar-refractivity contribution in [1.29, 1.82) is 0 Å². The zero-order valence-electron chi connectivity index (χ0n) is 11.9. The lowest BCUT2D eigenvalue weighted by atomic mass is 10.2. The van der Waals surface area contributed by atoms with Gasteiger partial charge in [-0.15, -0.1) is 0 Å². The van der Waals surface area contributed by atoms with Crippen molar-refractivity contribution in [1.82, 2.24) is 0 Å². The summed E-state index contributed by atoms with van der Waals surface area (Å²) in [6, 6.07) is 11.2. The molecule has 3 N–H and O–H groups in total. The highest BCUT2D eigenvalue weighted by molar-refractivity contribution is 5.96. The minimum absolute atomic E-state index is 0.173. The summed E-state index contributed by atoms with van der Waals surface area (Å²) in [5.74, 6) is -0.154. The quantitative estimate of drug-likeness (QED) is 0.850. The first-order valence-corrected chi connectivity index (χ1v) is 6.55. The Bertz CT molecular complexity index is 658. The van der Waals surface area contributed by atoms with Crippen LogP contribution in [0, 0.1) is 12.7 Å². The molecule has 0 spiro atoms. The van der Waals surface area contributed by atoms with E-state index >= 15 is 0 Å². The molecule has 0 saturated carbocycles. The van der Waals surface area contributed by atoms with Gasteiger partial charge in [-0.3, -0.25) is 4.79 Å². The van der Waals surface area contributed by atoms with Gasteiger partial charge in [-0.2, -0.15) is 0 Å². The fourth-order valence-corrected chi connectivity index (χ4v) is 1.81. The third kappa shape index (κ3) is 3.72. The third-order valence-electron chi connectivity index (χ3n) is 3.04. The maximum absolute atomic E-state index is 13.0. The van der Waals surface area contributed by atoms with E-state index in [0.717, 1.165) is 11.6 Å². The van der Waals surface area contributed by atoms with Gasteiger partial charge < -0.3 is 15.8 Å². The first kappa shape index (κ1) is 14.8. The summed E-state index contributed by atoms with van der Waals surface area (Å²) in [5.41, 5.74) is 7.13. The number of nitrogens with one attached hydrogen (secondary N) is 1. The number of hydrogen-bond donors (Lipinski definition) is 2. The number of anilines is 2. The summed E-state index contributed by atoms with van der Waals surface area (Å²) in [6.45, 7) is 3.54. The van der Waals surface area contributed by atoms with Gasteiger partial charge in [0.15, 0.2) is 6.10 Å². The van der Waals surface area contributed by atoms with Crippen LogP contribution in [-0.2, 0) is 4.79 Å². The fraction of sp³-hybridized carbons (Fsp3) is 0.188. The van der Waals surface area contributed by atoms with Gasteiger partial charge in [0.05, 0.1) is 11.4 Å². The van der Waals surface area contributed by atoms with E-state index in [4.69, 9.17) is 10.5 Å². The van der Waals surface area contributed by atoms with Crippen LogP contribution in [0.25, 0.3) is 0 Å². The van der Waals surface area contributed by atoms with E-state index in [1.165, 1.54) is 12.1 Å². The van der Waals surface area contributed by atoms with E-state index in [-0.39, 0.29) is 11.6 Å². The molecule has 4 nitrogen and oxygen atoms in total. The van der Waals surface area contributed by atoms with Crippen molar-refractivity contribution in [3.05, 3.63) is 53.8 Å². The molecule has 0 bridgehead atoms. The van der Waals surface area contributed by atoms with Crippen molar-refractivity contribution in [3.63, 3.8) is 0 Å². The number of para-hydroxylation sites is 1. The highest BCUT2D eigenvalue weighted by atomic mass is 19.1. The predicted octanol–water partition coefficient (Wildman–Crippen LogP) is 3.12. The molecule has 0 aliphatic heterocycles. The summed E-state index contributed by atoms with van der Waals surface area (Å²) in [6.07, 6.45) is -0.699. The van der Waals surface area contributed by atoms with Crippen molar-refractivity contribution in [3.8, 4) is 5.75 Å². The molecule has 2 rings (SSSR count). The average Bonchev–Trinajstić information content (AvgIpc) is 2.44. The molecule has 5 heteroatoms. The maximum Gasteiger partial charge on any atom is 0.265 e. The summed E-state index contributed by atoms with van der Waals surface area (Å²) >= 11 is 0. The lowest BCUT2D eigenvalue weighted by molar-refractivity contribution is -0.122. The van der Waals surface area contributed by atoms with Gasteiger partial charge in [0.1, 0.15) is 11.6 Å². The van der Waals surface area contributed by atoms with Gasteiger partial charge in [-0.05, 0) is 43.7 Å². The van der Waals surface area contributed by atoms with Gasteiger partial charge in [0.25, 0.3) is 5.91 Å². The minimum atomic E-state index is -0.699. The molecule has 0 aromatic heterocycles. The molecule has 0 aliphatic carbocycles. The number of ether oxygens (including phenoxy) is 1. The molecule has 0 saturated heterocycles. The van der Waals surface area contributed by atoms with Crippen LogP contribution in [0.4, 0.5) is 15.8 Å². The van der Waals surface area contributed by atoms with Crippen LogP contribution < -0.4 is 15.8 Å². The number of halogens is 1. The predicted molar refractivity (Wildman–Crippen MR) is 80.7 cm³/mol. The summed E-state index contributed by atoms with van der Waals surface area (Å²) in [4.78, 5) is 12.1. The third-order valence-corrected chi connectivity index (χ3v) is 3.04. The van der Waals surface area contributed by atoms with Gasteiger partial charge in [0.2, 0.25) is 0 Å². The Morgan fingerprint density at radius 2 is 2.00 bits per heavy atom. The lowest BCUT2D eigenvalue weighted by Gasteiger charge is -2.16. The van der Waals surface area contributed by atoms with Crippen LogP contribution in [0.5, 0.6) is 5.75 Å². The average molecular weight is 288 g/mol. The lowest BCUT2D eigenvalue weighted by Crippen LogP contribution is -2.30.